The highest BCUT2D eigenvalue weighted by molar-refractivity contribution is 8.00. The minimum Gasteiger partial charge on any atom is -0.206 e. The first-order valence-electron chi connectivity index (χ1n) is 4.45. The van der Waals surface area contributed by atoms with Crippen molar-refractivity contribution >= 4 is 23.4 Å². The van der Waals surface area contributed by atoms with Crippen LogP contribution in [0.5, 0.6) is 0 Å². The van der Waals surface area contributed by atoms with Gasteiger partial charge >= 0.3 is 6.18 Å². The number of halogens is 5. The van der Waals surface area contributed by atoms with Gasteiger partial charge in [0.2, 0.25) is 0 Å². The highest BCUT2D eigenvalue weighted by atomic mass is 35.5. The highest BCUT2D eigenvalue weighted by Crippen LogP contribution is 2.41. The largest absolute Gasteiger partial charge is 0.417 e. The van der Waals surface area contributed by atoms with Gasteiger partial charge in [-0.05, 0) is 12.1 Å². The fraction of sp³-hybridized carbons (Fsp3) is 0.400. The van der Waals surface area contributed by atoms with Gasteiger partial charge in [0, 0.05) is 5.25 Å². The van der Waals surface area contributed by atoms with Crippen LogP contribution in [-0.4, -0.2) is 5.25 Å². The molecule has 0 saturated heterocycles. The van der Waals surface area contributed by atoms with E-state index >= 15 is 0 Å². The van der Waals surface area contributed by atoms with Crippen LogP contribution < -0.4 is 0 Å². The fourth-order valence-electron chi connectivity index (χ4n) is 1.10. The van der Waals surface area contributed by atoms with E-state index in [0.29, 0.717) is 6.07 Å². The van der Waals surface area contributed by atoms with Crippen molar-refractivity contribution in [3.8, 4) is 0 Å². The zero-order valence-electron chi connectivity index (χ0n) is 8.53. The normalized spacial score (nSPS) is 12.2. The molecule has 6 heteroatoms. The molecule has 16 heavy (non-hydrogen) atoms. The smallest absolute Gasteiger partial charge is 0.206 e. The number of alkyl halides is 3. The number of rotatable bonds is 2. The Balaban J connectivity index is 3.27. The van der Waals surface area contributed by atoms with E-state index in [1.165, 1.54) is 0 Å². The monoisotopic (exact) mass is 272 g/mol. The van der Waals surface area contributed by atoms with Crippen molar-refractivity contribution in [3.05, 3.63) is 28.5 Å². The van der Waals surface area contributed by atoms with E-state index in [9.17, 15) is 17.6 Å². The van der Waals surface area contributed by atoms with Crippen LogP contribution in [0.2, 0.25) is 5.02 Å². The van der Waals surface area contributed by atoms with Gasteiger partial charge < -0.3 is 0 Å². The van der Waals surface area contributed by atoms with Crippen molar-refractivity contribution < 1.29 is 17.6 Å². The summed E-state index contributed by atoms with van der Waals surface area (Å²) in [6.45, 7) is 3.50. The summed E-state index contributed by atoms with van der Waals surface area (Å²) in [5.74, 6) is -0.725. The minimum atomic E-state index is -4.56. The second-order valence-corrected chi connectivity index (χ2v) is 5.37. The molecule has 1 aromatic carbocycles. The summed E-state index contributed by atoms with van der Waals surface area (Å²) < 4.78 is 50.8. The maximum absolute atomic E-state index is 13.3. The fourth-order valence-corrected chi connectivity index (χ4v) is 2.35. The number of benzene rings is 1. The molecule has 0 saturated carbocycles. The quantitative estimate of drug-likeness (QED) is 0.539. The van der Waals surface area contributed by atoms with Gasteiger partial charge in [-0.2, -0.15) is 13.2 Å². The van der Waals surface area contributed by atoms with Gasteiger partial charge in [-0.3, -0.25) is 0 Å². The molecule has 0 amide bonds. The lowest BCUT2D eigenvalue weighted by Gasteiger charge is -2.14. The van der Waals surface area contributed by atoms with Crippen LogP contribution in [0.1, 0.15) is 19.4 Å². The molecule has 0 radical (unpaired) electrons. The molecule has 0 aliphatic rings. The number of thioether (sulfide) groups is 1. The molecule has 0 spiro atoms. The summed E-state index contributed by atoms with van der Waals surface area (Å²) in [5.41, 5.74) is -1.00. The summed E-state index contributed by atoms with van der Waals surface area (Å²) in [5, 5.41) is -0.610. The van der Waals surface area contributed by atoms with Gasteiger partial charge in [0.1, 0.15) is 5.82 Å². The van der Waals surface area contributed by atoms with E-state index in [0.717, 1.165) is 17.8 Å². The minimum absolute atomic E-state index is 0.0458. The topological polar surface area (TPSA) is 0 Å². The lowest BCUT2D eigenvalue weighted by atomic mass is 10.2. The molecule has 1 rings (SSSR count). The molecular formula is C10H9ClF4S. The summed E-state index contributed by atoms with van der Waals surface area (Å²) in [4.78, 5) is -0.147. The first-order valence-corrected chi connectivity index (χ1v) is 5.71. The highest BCUT2D eigenvalue weighted by Gasteiger charge is 2.34. The van der Waals surface area contributed by atoms with Crippen LogP contribution in [0.15, 0.2) is 17.0 Å². The molecule has 0 aliphatic carbocycles. The molecule has 0 heterocycles. The second-order valence-electron chi connectivity index (χ2n) is 3.40. The Hall–Kier alpha value is -0.420. The lowest BCUT2D eigenvalue weighted by Crippen LogP contribution is -2.07. The molecule has 1 aromatic rings. The maximum Gasteiger partial charge on any atom is 0.417 e. The first kappa shape index (κ1) is 13.6. The zero-order valence-corrected chi connectivity index (χ0v) is 10.1. The third-order valence-corrected chi connectivity index (χ3v) is 3.32. The molecule has 0 unspecified atom stereocenters. The predicted octanol–water partition coefficient (Wildman–Crippen LogP) is 5.00. The predicted molar refractivity (Wildman–Crippen MR) is 57.4 cm³/mol. The Morgan fingerprint density at radius 3 is 2.25 bits per heavy atom. The molecule has 0 nitrogen and oxygen atoms in total. The van der Waals surface area contributed by atoms with Crippen LogP contribution in [0.3, 0.4) is 0 Å². The number of hydrogen-bond acceptors (Lipinski definition) is 1. The van der Waals surface area contributed by atoms with E-state index in [1.807, 2.05) is 0 Å². The van der Waals surface area contributed by atoms with E-state index in [4.69, 9.17) is 11.6 Å². The van der Waals surface area contributed by atoms with Gasteiger partial charge in [-0.15, -0.1) is 11.8 Å². The standard InChI is InChI=1S/C10H9ClF4S/c1-5(2)16-9-7(12)4-3-6(8(9)11)10(13,14)15/h3-5H,1-2H3. The summed E-state index contributed by atoms with van der Waals surface area (Å²) in [6.07, 6.45) is -4.56. The van der Waals surface area contributed by atoms with Gasteiger partial charge in [0.25, 0.3) is 0 Å². The third-order valence-electron chi connectivity index (χ3n) is 1.71. The first-order chi connectivity index (χ1) is 7.23. The Morgan fingerprint density at radius 1 is 1.25 bits per heavy atom. The van der Waals surface area contributed by atoms with Crippen LogP contribution in [0, 0.1) is 5.82 Å². The van der Waals surface area contributed by atoms with E-state index in [-0.39, 0.29) is 10.1 Å². The Morgan fingerprint density at radius 2 is 1.81 bits per heavy atom. The molecular weight excluding hydrogens is 264 g/mol. The molecule has 0 aliphatic heterocycles. The molecule has 90 valence electrons. The van der Waals surface area contributed by atoms with E-state index in [2.05, 4.69) is 0 Å². The molecule has 0 N–H and O–H groups in total. The van der Waals surface area contributed by atoms with Crippen molar-refractivity contribution in [1.29, 1.82) is 0 Å². The second kappa shape index (κ2) is 4.84. The molecule has 0 fully saturated rings. The van der Waals surface area contributed by atoms with Crippen molar-refractivity contribution in [1.82, 2.24) is 0 Å². The lowest BCUT2D eigenvalue weighted by molar-refractivity contribution is -0.137. The van der Waals surface area contributed by atoms with Crippen molar-refractivity contribution in [3.63, 3.8) is 0 Å². The summed E-state index contributed by atoms with van der Waals surface area (Å²) in [6, 6.07) is 1.45. The summed E-state index contributed by atoms with van der Waals surface area (Å²) >= 11 is 6.54. The SMILES string of the molecule is CC(C)Sc1c(F)ccc(C(F)(F)F)c1Cl. The van der Waals surface area contributed by atoms with Crippen LogP contribution >= 0.6 is 23.4 Å². The average Bonchev–Trinajstić information content (AvgIpc) is 2.09. The third kappa shape index (κ3) is 3.04. The maximum atomic E-state index is 13.3. The van der Waals surface area contributed by atoms with Crippen LogP contribution in [0.4, 0.5) is 17.6 Å². The van der Waals surface area contributed by atoms with Crippen molar-refractivity contribution in [2.24, 2.45) is 0 Å². The average molecular weight is 273 g/mol. The van der Waals surface area contributed by atoms with Gasteiger partial charge in [0.15, 0.2) is 0 Å². The Bertz CT molecular complexity index is 387. The molecule has 0 bridgehead atoms. The molecule has 0 aromatic heterocycles. The zero-order chi connectivity index (χ0) is 12.5. The van der Waals surface area contributed by atoms with Gasteiger partial charge in [-0.1, -0.05) is 25.4 Å². The van der Waals surface area contributed by atoms with Crippen molar-refractivity contribution in [2.45, 2.75) is 30.2 Å². The Labute approximate surface area is 100.0 Å². The van der Waals surface area contributed by atoms with Crippen LogP contribution in [0.25, 0.3) is 0 Å². The Kier molecular flexibility index (Phi) is 4.12. The summed E-state index contributed by atoms with van der Waals surface area (Å²) in [7, 11) is 0. The van der Waals surface area contributed by atoms with Gasteiger partial charge in [-0.25, -0.2) is 4.39 Å². The van der Waals surface area contributed by atoms with E-state index < -0.39 is 22.6 Å². The molecule has 0 atom stereocenters. The van der Waals surface area contributed by atoms with Crippen LogP contribution in [-0.2, 0) is 6.18 Å². The van der Waals surface area contributed by atoms with Gasteiger partial charge in [0.05, 0.1) is 15.5 Å². The van der Waals surface area contributed by atoms with Crippen molar-refractivity contribution in [2.75, 3.05) is 0 Å². The van der Waals surface area contributed by atoms with E-state index in [1.54, 1.807) is 13.8 Å². The number of hydrogen-bond donors (Lipinski definition) is 0.